The Morgan fingerprint density at radius 2 is 0.738 bits per heavy atom. The number of unbranched alkanes of at least 4 members (excludes halogenated alkanes) is 41. The summed E-state index contributed by atoms with van der Waals surface area (Å²) in [5, 5.41) is 72.5. The van der Waals surface area contributed by atoms with Gasteiger partial charge < -0.3 is 64.2 Å². The van der Waals surface area contributed by atoms with Crippen LogP contribution in [0.2, 0.25) is 0 Å². The Bertz CT molecular complexity index is 1370. The smallest absolute Gasteiger partial charge is 0.306 e. The molecule has 14 nitrogen and oxygen atoms in total. The SMILES string of the molecule is CCCCCCCCCC/C=C\CCCCCCCCCCCCCCCCOCC(COC1OC(COC2OC(CO)C(O)C(O)C2O)C(O)C(O)C1O)OC(=O)CCCCCCCCCCCCCCCCCCCCCC. The maximum Gasteiger partial charge on any atom is 0.306 e. The van der Waals surface area contributed by atoms with Crippen LogP contribution in [0, 0.1) is 0 Å². The lowest BCUT2D eigenvalue weighted by Gasteiger charge is -2.42. The van der Waals surface area contributed by atoms with Crippen LogP contribution in [0.15, 0.2) is 12.2 Å². The van der Waals surface area contributed by atoms with Gasteiger partial charge >= 0.3 is 5.97 Å². The lowest BCUT2D eigenvalue weighted by molar-refractivity contribution is -0.332. The number of aliphatic hydroxyl groups is 7. The van der Waals surface area contributed by atoms with E-state index < -0.39 is 80.7 Å². The zero-order valence-corrected chi connectivity index (χ0v) is 51.3. The Morgan fingerprint density at radius 1 is 0.400 bits per heavy atom. The number of esters is 1. The Hall–Kier alpha value is -1.27. The summed E-state index contributed by atoms with van der Waals surface area (Å²) < 4.78 is 34.5. The summed E-state index contributed by atoms with van der Waals surface area (Å²) in [7, 11) is 0. The first-order valence-corrected chi connectivity index (χ1v) is 33.8. The molecule has 2 rings (SSSR count). The molecule has 0 saturated carbocycles. The second-order valence-corrected chi connectivity index (χ2v) is 24.0. The van der Waals surface area contributed by atoms with E-state index in [2.05, 4.69) is 26.0 Å². The van der Waals surface area contributed by atoms with Gasteiger partial charge in [0.25, 0.3) is 0 Å². The monoisotopic (exact) mass is 1140 g/mol. The third-order valence-electron chi connectivity index (χ3n) is 16.5. The van der Waals surface area contributed by atoms with Crippen molar-refractivity contribution in [2.75, 3.05) is 33.0 Å². The Labute approximate surface area is 488 Å². The van der Waals surface area contributed by atoms with Crippen molar-refractivity contribution >= 4 is 5.97 Å². The molecule has 14 heteroatoms. The normalized spacial score (nSPS) is 23.8. The molecule has 0 amide bonds. The summed E-state index contributed by atoms with van der Waals surface area (Å²) in [5.41, 5.74) is 0. The highest BCUT2D eigenvalue weighted by Gasteiger charge is 2.47. The van der Waals surface area contributed by atoms with Gasteiger partial charge in [-0.15, -0.1) is 0 Å². The Balaban J connectivity index is 1.64. The number of hydrogen-bond donors (Lipinski definition) is 7. The lowest BCUT2D eigenvalue weighted by atomic mass is 9.98. The van der Waals surface area contributed by atoms with Gasteiger partial charge in [0.15, 0.2) is 12.6 Å². The molecule has 0 aliphatic carbocycles. The molecule has 0 radical (unpaired) electrons. The minimum absolute atomic E-state index is 0.0689. The average Bonchev–Trinajstić information content (AvgIpc) is 3.52. The molecule has 474 valence electrons. The van der Waals surface area contributed by atoms with E-state index in [-0.39, 0.29) is 25.6 Å². The molecule has 11 atom stereocenters. The number of hydrogen-bond acceptors (Lipinski definition) is 14. The fourth-order valence-electron chi connectivity index (χ4n) is 11.1. The van der Waals surface area contributed by atoms with E-state index in [1.54, 1.807) is 0 Å². The summed E-state index contributed by atoms with van der Waals surface area (Å²) in [4.78, 5) is 13.1. The molecule has 0 aromatic carbocycles. The van der Waals surface area contributed by atoms with Crippen molar-refractivity contribution in [2.24, 2.45) is 0 Å². The number of aliphatic hydroxyl groups excluding tert-OH is 7. The Morgan fingerprint density at radius 3 is 1.14 bits per heavy atom. The molecule has 11 unspecified atom stereocenters. The van der Waals surface area contributed by atoms with Crippen LogP contribution in [0.25, 0.3) is 0 Å². The van der Waals surface area contributed by atoms with E-state index in [4.69, 9.17) is 28.4 Å². The van der Waals surface area contributed by atoms with Gasteiger partial charge in [0.2, 0.25) is 0 Å². The minimum Gasteiger partial charge on any atom is -0.457 e. The van der Waals surface area contributed by atoms with Gasteiger partial charge in [0.05, 0.1) is 26.4 Å². The summed E-state index contributed by atoms with van der Waals surface area (Å²) in [6, 6.07) is 0. The van der Waals surface area contributed by atoms with Gasteiger partial charge in [-0.3, -0.25) is 4.79 Å². The highest BCUT2D eigenvalue weighted by atomic mass is 16.7. The molecule has 0 spiro atoms. The molecule has 7 N–H and O–H groups in total. The first-order chi connectivity index (χ1) is 39.1. The van der Waals surface area contributed by atoms with Gasteiger partial charge in [-0.2, -0.15) is 0 Å². The van der Waals surface area contributed by atoms with Crippen molar-refractivity contribution in [3.05, 3.63) is 12.2 Å². The molecular formula is C66H126O14. The first-order valence-electron chi connectivity index (χ1n) is 33.8. The molecule has 2 saturated heterocycles. The highest BCUT2D eigenvalue weighted by Crippen LogP contribution is 2.27. The quantitative estimate of drug-likeness (QED) is 0.0171. The van der Waals surface area contributed by atoms with Crippen LogP contribution in [0.5, 0.6) is 0 Å². The predicted octanol–water partition coefficient (Wildman–Crippen LogP) is 13.7. The predicted molar refractivity (Wildman–Crippen MR) is 321 cm³/mol. The number of allylic oxidation sites excluding steroid dienone is 2. The van der Waals surface area contributed by atoms with Crippen LogP contribution in [-0.4, -0.2) is 142 Å². The van der Waals surface area contributed by atoms with Crippen molar-refractivity contribution in [3.8, 4) is 0 Å². The first kappa shape index (κ1) is 74.8. The number of rotatable bonds is 57. The van der Waals surface area contributed by atoms with E-state index in [1.807, 2.05) is 0 Å². The molecular weight excluding hydrogens is 1020 g/mol. The summed E-state index contributed by atoms with van der Waals surface area (Å²) in [5.74, 6) is -0.367. The molecule has 2 aliphatic rings. The van der Waals surface area contributed by atoms with Crippen molar-refractivity contribution in [3.63, 3.8) is 0 Å². The topological polar surface area (TPSA) is 214 Å². The van der Waals surface area contributed by atoms with E-state index in [0.29, 0.717) is 13.0 Å². The van der Waals surface area contributed by atoms with Gasteiger partial charge in [-0.1, -0.05) is 270 Å². The molecule has 80 heavy (non-hydrogen) atoms. The van der Waals surface area contributed by atoms with Crippen LogP contribution >= 0.6 is 0 Å². The minimum atomic E-state index is -1.70. The van der Waals surface area contributed by atoms with E-state index in [9.17, 15) is 40.5 Å². The molecule has 2 heterocycles. The van der Waals surface area contributed by atoms with Crippen molar-refractivity contribution in [1.82, 2.24) is 0 Å². The number of carbonyl (C=O) groups excluding carboxylic acids is 1. The van der Waals surface area contributed by atoms with E-state index in [0.717, 1.165) is 38.5 Å². The summed E-state index contributed by atoms with van der Waals surface area (Å²) in [6.07, 6.45) is 45.7. The van der Waals surface area contributed by atoms with E-state index >= 15 is 0 Å². The maximum atomic E-state index is 13.1. The maximum absolute atomic E-state index is 13.1. The zero-order chi connectivity index (χ0) is 57.9. The number of ether oxygens (including phenoxy) is 6. The summed E-state index contributed by atoms with van der Waals surface area (Å²) in [6.45, 7) is 3.77. The second-order valence-electron chi connectivity index (χ2n) is 24.0. The molecule has 0 aromatic rings. The van der Waals surface area contributed by atoms with Crippen molar-refractivity contribution in [1.29, 1.82) is 0 Å². The molecule has 0 aromatic heterocycles. The molecule has 2 fully saturated rings. The van der Waals surface area contributed by atoms with Crippen LogP contribution in [0.1, 0.15) is 303 Å². The van der Waals surface area contributed by atoms with Crippen molar-refractivity contribution in [2.45, 2.75) is 370 Å². The van der Waals surface area contributed by atoms with E-state index in [1.165, 1.54) is 238 Å². The van der Waals surface area contributed by atoms with Gasteiger partial charge in [0.1, 0.15) is 54.9 Å². The van der Waals surface area contributed by atoms with Crippen LogP contribution in [0.3, 0.4) is 0 Å². The van der Waals surface area contributed by atoms with Crippen molar-refractivity contribution < 1.29 is 69.0 Å². The third kappa shape index (κ3) is 38.6. The molecule has 2 aliphatic heterocycles. The zero-order valence-electron chi connectivity index (χ0n) is 51.3. The fourth-order valence-corrected chi connectivity index (χ4v) is 11.1. The average molecular weight is 1140 g/mol. The fraction of sp³-hybridized carbons (Fsp3) is 0.955. The Kier molecular flexibility index (Phi) is 49.8. The van der Waals surface area contributed by atoms with Crippen LogP contribution in [0.4, 0.5) is 0 Å². The van der Waals surface area contributed by atoms with Gasteiger partial charge in [-0.05, 0) is 38.5 Å². The van der Waals surface area contributed by atoms with Crippen LogP contribution < -0.4 is 0 Å². The third-order valence-corrected chi connectivity index (χ3v) is 16.5. The standard InChI is InChI=1S/C66H126O14/c1-3-5-7-9-11-13-15-17-19-21-23-25-26-27-28-29-30-32-34-36-38-40-42-44-46-48-50-75-52-55(78-58(68)49-47-45-43-41-39-37-35-33-31-24-22-20-18-16-14-12-10-8-6-4-2)53-76-65-64(74)62(72)60(70)57(80-65)54-77-66-63(73)61(71)59(69)56(51-67)79-66/h21,23,55-57,59-67,69-74H,3-20,22,24-54H2,1-2H3/b23-21-. The molecule has 0 bridgehead atoms. The van der Waals surface area contributed by atoms with Gasteiger partial charge in [0, 0.05) is 13.0 Å². The van der Waals surface area contributed by atoms with Crippen LogP contribution in [-0.2, 0) is 33.2 Å². The largest absolute Gasteiger partial charge is 0.457 e. The highest BCUT2D eigenvalue weighted by molar-refractivity contribution is 5.69. The summed E-state index contributed by atoms with van der Waals surface area (Å²) >= 11 is 0. The second kappa shape index (κ2) is 53.2. The lowest BCUT2D eigenvalue weighted by Crippen LogP contribution is -2.61. The van der Waals surface area contributed by atoms with Gasteiger partial charge in [-0.25, -0.2) is 0 Å². The number of carbonyl (C=O) groups is 1.